The molecule has 0 bridgehead atoms. The summed E-state index contributed by atoms with van der Waals surface area (Å²) in [6.45, 7) is 0.265. The Morgan fingerprint density at radius 3 is 2.24 bits per heavy atom. The molecular weight excluding hydrogens is 458 g/mol. The van der Waals surface area contributed by atoms with Gasteiger partial charge in [-0.1, -0.05) is 30.3 Å². The molecule has 9 heteroatoms. The van der Waals surface area contributed by atoms with Crippen LogP contribution in [0.4, 0.5) is 17.1 Å². The number of rotatable bonds is 7. The molecule has 1 aliphatic heterocycles. The fourth-order valence-corrected chi connectivity index (χ4v) is 5.12. The van der Waals surface area contributed by atoms with E-state index in [0.29, 0.717) is 5.69 Å². The van der Waals surface area contributed by atoms with Crippen molar-refractivity contribution in [1.82, 2.24) is 0 Å². The molecule has 0 aromatic heterocycles. The Balaban J connectivity index is 1.47. The maximum Gasteiger partial charge on any atom is 0.261 e. The second-order valence-electron chi connectivity index (χ2n) is 7.56. The maximum absolute atomic E-state index is 13.0. The van der Waals surface area contributed by atoms with Gasteiger partial charge in [-0.3, -0.25) is 14.3 Å². The minimum Gasteiger partial charge on any atom is -0.324 e. The zero-order valence-electron chi connectivity index (χ0n) is 17.9. The predicted octanol–water partition coefficient (Wildman–Crippen LogP) is 4.20. The minimum atomic E-state index is -3.82. The molecule has 1 saturated heterocycles. The number of hydrogen-bond acceptors (Lipinski definition) is 5. The summed E-state index contributed by atoms with van der Waals surface area (Å²) in [5.74, 6) is -1.00. The zero-order valence-corrected chi connectivity index (χ0v) is 19.5. The third-order valence-electron chi connectivity index (χ3n) is 5.36. The number of para-hydroxylation sites is 2. The van der Waals surface area contributed by atoms with E-state index in [0.717, 1.165) is 10.6 Å². The number of sulfonamides is 1. The van der Waals surface area contributed by atoms with E-state index in [2.05, 4.69) is 10.0 Å². The summed E-state index contributed by atoms with van der Waals surface area (Å²) in [5, 5.41) is 2.79. The largest absolute Gasteiger partial charge is 0.324 e. The number of anilines is 3. The highest BCUT2D eigenvalue weighted by Gasteiger charge is 2.35. The number of nitrogens with one attached hydrogen (secondary N) is 2. The first kappa shape index (κ1) is 22.9. The highest BCUT2D eigenvalue weighted by molar-refractivity contribution is 7.98. The molecule has 0 saturated carbocycles. The van der Waals surface area contributed by atoms with Crippen LogP contribution in [0.1, 0.15) is 6.42 Å². The van der Waals surface area contributed by atoms with Crippen LogP contribution in [0.3, 0.4) is 0 Å². The van der Waals surface area contributed by atoms with E-state index >= 15 is 0 Å². The highest BCUT2D eigenvalue weighted by atomic mass is 32.2. The molecule has 0 spiro atoms. The molecule has 170 valence electrons. The Labute approximate surface area is 197 Å². The quantitative estimate of drug-likeness (QED) is 0.493. The van der Waals surface area contributed by atoms with Crippen LogP contribution in [-0.4, -0.2) is 33.0 Å². The Bertz CT molecular complexity index is 1260. The van der Waals surface area contributed by atoms with Gasteiger partial charge in [-0.25, -0.2) is 8.42 Å². The van der Waals surface area contributed by atoms with Crippen molar-refractivity contribution in [1.29, 1.82) is 0 Å². The van der Waals surface area contributed by atoms with Gasteiger partial charge in [-0.15, -0.1) is 11.8 Å². The topological polar surface area (TPSA) is 95.6 Å². The van der Waals surface area contributed by atoms with Gasteiger partial charge in [0, 0.05) is 23.5 Å². The van der Waals surface area contributed by atoms with E-state index in [4.69, 9.17) is 0 Å². The highest BCUT2D eigenvalue weighted by Crippen LogP contribution is 2.29. The van der Waals surface area contributed by atoms with Crippen molar-refractivity contribution < 1.29 is 18.0 Å². The lowest BCUT2D eigenvalue weighted by Crippen LogP contribution is -2.28. The van der Waals surface area contributed by atoms with Gasteiger partial charge in [0.1, 0.15) is 0 Å². The molecule has 3 aromatic carbocycles. The van der Waals surface area contributed by atoms with Crippen molar-refractivity contribution in [2.24, 2.45) is 5.92 Å². The number of benzene rings is 3. The maximum atomic E-state index is 13.0. The second kappa shape index (κ2) is 9.68. The molecule has 4 rings (SSSR count). The summed E-state index contributed by atoms with van der Waals surface area (Å²) in [7, 11) is -3.82. The Morgan fingerprint density at radius 1 is 0.939 bits per heavy atom. The van der Waals surface area contributed by atoms with Crippen molar-refractivity contribution in [3.05, 3.63) is 78.9 Å². The van der Waals surface area contributed by atoms with Gasteiger partial charge in [0.15, 0.2) is 0 Å². The summed E-state index contributed by atoms with van der Waals surface area (Å²) in [6.07, 6.45) is 2.07. The van der Waals surface area contributed by atoms with Crippen LogP contribution < -0.4 is 14.9 Å². The molecule has 1 heterocycles. The molecule has 1 atom stereocenters. The summed E-state index contributed by atoms with van der Waals surface area (Å²) >= 11 is 1.61. The lowest BCUT2D eigenvalue weighted by Gasteiger charge is -2.18. The minimum absolute atomic E-state index is 0.0913. The number of nitrogens with zero attached hydrogens (tertiary/aromatic N) is 1. The van der Waals surface area contributed by atoms with Crippen LogP contribution >= 0.6 is 11.8 Å². The van der Waals surface area contributed by atoms with Crippen LogP contribution in [0.5, 0.6) is 0 Å². The van der Waals surface area contributed by atoms with Gasteiger partial charge in [-0.2, -0.15) is 0 Å². The summed E-state index contributed by atoms with van der Waals surface area (Å²) in [4.78, 5) is 28.3. The first-order valence-corrected chi connectivity index (χ1v) is 13.0. The van der Waals surface area contributed by atoms with E-state index in [9.17, 15) is 18.0 Å². The monoisotopic (exact) mass is 481 g/mol. The Kier molecular flexibility index (Phi) is 6.71. The molecular formula is C24H23N3O4S2. The Hall–Kier alpha value is -3.30. The molecule has 1 fully saturated rings. The first-order chi connectivity index (χ1) is 15.9. The average Bonchev–Trinajstić information content (AvgIpc) is 3.22. The number of carbonyl (C=O) groups is 2. The third-order valence-corrected chi connectivity index (χ3v) is 7.49. The van der Waals surface area contributed by atoms with Gasteiger partial charge < -0.3 is 10.2 Å². The van der Waals surface area contributed by atoms with Crippen LogP contribution in [0, 0.1) is 5.92 Å². The van der Waals surface area contributed by atoms with E-state index < -0.39 is 15.9 Å². The summed E-state index contributed by atoms with van der Waals surface area (Å²) < 4.78 is 27.9. The molecule has 0 radical (unpaired) electrons. The summed E-state index contributed by atoms with van der Waals surface area (Å²) in [5.41, 5.74) is 1.34. The molecule has 1 aliphatic rings. The fourth-order valence-electron chi connectivity index (χ4n) is 3.61. The Morgan fingerprint density at radius 2 is 1.58 bits per heavy atom. The number of amides is 2. The molecule has 2 N–H and O–H groups in total. The molecule has 7 nitrogen and oxygen atoms in total. The van der Waals surface area contributed by atoms with Crippen LogP contribution in [0.25, 0.3) is 0 Å². The SMILES string of the molecule is CSc1ccc(N2CC(C(=O)Nc3ccccc3NS(=O)(=O)c3ccccc3)CC2=O)cc1. The van der Waals surface area contributed by atoms with Gasteiger partial charge in [-0.05, 0) is 54.8 Å². The van der Waals surface area contributed by atoms with Crippen LogP contribution in [0.2, 0.25) is 0 Å². The molecule has 3 aromatic rings. The lowest BCUT2D eigenvalue weighted by molar-refractivity contribution is -0.122. The summed E-state index contributed by atoms with van der Waals surface area (Å²) in [6, 6.07) is 22.2. The first-order valence-electron chi connectivity index (χ1n) is 10.3. The third kappa shape index (κ3) is 5.20. The van der Waals surface area contributed by atoms with E-state index in [1.165, 1.54) is 12.1 Å². The number of hydrogen-bond donors (Lipinski definition) is 2. The van der Waals surface area contributed by atoms with Gasteiger partial charge >= 0.3 is 0 Å². The van der Waals surface area contributed by atoms with E-state index in [1.54, 1.807) is 59.1 Å². The zero-order chi connectivity index (χ0) is 23.4. The van der Waals surface area contributed by atoms with Crippen molar-refractivity contribution in [3.63, 3.8) is 0 Å². The number of carbonyl (C=O) groups excluding carboxylic acids is 2. The van der Waals surface area contributed by atoms with Crippen LogP contribution in [-0.2, 0) is 19.6 Å². The smallest absolute Gasteiger partial charge is 0.261 e. The molecule has 1 unspecified atom stereocenters. The van der Waals surface area contributed by atoms with Crippen molar-refractivity contribution in [2.75, 3.05) is 27.7 Å². The normalized spacial score (nSPS) is 16.0. The van der Waals surface area contributed by atoms with Gasteiger partial charge in [0.25, 0.3) is 10.0 Å². The van der Waals surface area contributed by atoms with Crippen LogP contribution in [0.15, 0.2) is 88.7 Å². The standard InChI is InChI=1S/C24H23N3O4S2/c1-32-19-13-11-18(12-14-19)27-16-17(15-23(27)28)24(29)25-21-9-5-6-10-22(21)26-33(30,31)20-7-3-2-4-8-20/h2-14,17,26H,15-16H2,1H3,(H,25,29). The van der Waals surface area contributed by atoms with Crippen molar-refractivity contribution in [2.45, 2.75) is 16.2 Å². The number of thioether (sulfide) groups is 1. The lowest BCUT2D eigenvalue weighted by atomic mass is 10.1. The fraction of sp³-hybridized carbons (Fsp3) is 0.167. The predicted molar refractivity (Wildman–Crippen MR) is 131 cm³/mol. The van der Waals surface area contributed by atoms with Gasteiger partial charge in [0.05, 0.1) is 22.2 Å². The second-order valence-corrected chi connectivity index (χ2v) is 10.1. The molecule has 33 heavy (non-hydrogen) atoms. The molecule has 0 aliphatic carbocycles. The molecule has 2 amide bonds. The van der Waals surface area contributed by atoms with Crippen molar-refractivity contribution >= 4 is 50.7 Å². The van der Waals surface area contributed by atoms with E-state index in [1.807, 2.05) is 30.5 Å². The van der Waals surface area contributed by atoms with E-state index in [-0.39, 0.29) is 35.4 Å². The van der Waals surface area contributed by atoms with Gasteiger partial charge in [0.2, 0.25) is 11.8 Å². The van der Waals surface area contributed by atoms with Crippen molar-refractivity contribution in [3.8, 4) is 0 Å². The average molecular weight is 482 g/mol.